The minimum atomic E-state index is -0.477. The Balaban J connectivity index is 0.832. The first-order valence-corrected chi connectivity index (χ1v) is 20.2. The molecule has 2 N–H and O–H groups in total. The van der Waals surface area contributed by atoms with Gasteiger partial charge in [-0.2, -0.15) is 0 Å². The molecule has 3 amide bonds. The molecule has 4 aromatic heterocycles. The van der Waals surface area contributed by atoms with Gasteiger partial charge in [0.1, 0.15) is 17.1 Å². The quantitative estimate of drug-likeness (QED) is 0.0626. The van der Waals surface area contributed by atoms with Crippen LogP contribution in [0.25, 0.3) is 10.9 Å². The topological polar surface area (TPSA) is 193 Å². The van der Waals surface area contributed by atoms with E-state index in [1.165, 1.54) is 16.2 Å². The Bertz CT molecular complexity index is 2930. The number of rotatable bonds is 13. The number of imidazole rings is 1. The van der Waals surface area contributed by atoms with Gasteiger partial charge in [-0.1, -0.05) is 12.2 Å². The van der Waals surface area contributed by atoms with Gasteiger partial charge < -0.3 is 38.7 Å². The van der Waals surface area contributed by atoms with Crippen molar-refractivity contribution >= 4 is 69.7 Å². The zero-order chi connectivity index (χ0) is 44.7. The highest BCUT2D eigenvalue weighted by molar-refractivity contribution is 6.07. The maximum atomic E-state index is 13.6. The minimum Gasteiger partial charge on any atom is -0.493 e. The summed E-state index contributed by atoms with van der Waals surface area (Å²) in [4.78, 5) is 89.2. The standard InChI is InChI=1S/C46H45N9O8/c1-26-14-32-21-47-34-20-39(27(2)15-33(34)44(59)55(32)22-26)63-13-7-8-41(57)49-40-25-53(5)42(50-40)38(56)17-28-16-36(51(3)23-28)43(58)48-31-19-37(52(4)24-31)45(60)54-12-11-29-18-30(46(61)62-6)9-10-35(29)54/h9-12,15-16,18-21,23-25,32H,1,7-8,13-14,17,22H2,2-6H3,(H,48,58)(H,49,57)/t32-/m0/s1. The molecule has 0 bridgehead atoms. The van der Waals surface area contributed by atoms with Crippen LogP contribution in [-0.2, 0) is 37.1 Å². The summed E-state index contributed by atoms with van der Waals surface area (Å²) in [6.07, 6.45) is 9.47. The van der Waals surface area contributed by atoms with Gasteiger partial charge in [0, 0.05) is 83.0 Å². The lowest BCUT2D eigenvalue weighted by Gasteiger charge is -2.20. The van der Waals surface area contributed by atoms with Gasteiger partial charge in [0.15, 0.2) is 11.6 Å². The number of hydrogen-bond donors (Lipinski definition) is 2. The van der Waals surface area contributed by atoms with Crippen molar-refractivity contribution < 1.29 is 38.2 Å². The molecule has 6 aromatic rings. The normalized spacial score (nSPS) is 14.4. The van der Waals surface area contributed by atoms with Gasteiger partial charge in [-0.25, -0.2) is 9.78 Å². The van der Waals surface area contributed by atoms with Crippen molar-refractivity contribution in [3.8, 4) is 5.75 Å². The number of hydrogen-bond acceptors (Lipinski definition) is 10. The fourth-order valence-corrected chi connectivity index (χ4v) is 7.97. The Morgan fingerprint density at radius 1 is 0.921 bits per heavy atom. The number of aromatic nitrogens is 5. The van der Waals surface area contributed by atoms with Gasteiger partial charge in [0.2, 0.25) is 11.7 Å². The number of carbonyl (C=O) groups is 6. The highest BCUT2D eigenvalue weighted by atomic mass is 16.5. The zero-order valence-electron chi connectivity index (χ0n) is 35.4. The monoisotopic (exact) mass is 851 g/mol. The van der Waals surface area contributed by atoms with Gasteiger partial charge in [0.25, 0.3) is 17.7 Å². The number of Topliss-reactive ketones (excluding diaryl/α,β-unsaturated/α-hetero) is 1. The third-order valence-corrected chi connectivity index (χ3v) is 11.1. The van der Waals surface area contributed by atoms with Crippen LogP contribution in [0, 0.1) is 6.92 Å². The molecule has 0 spiro atoms. The van der Waals surface area contributed by atoms with Crippen molar-refractivity contribution in [1.29, 1.82) is 0 Å². The molecule has 0 radical (unpaired) electrons. The van der Waals surface area contributed by atoms with Crippen LogP contribution < -0.4 is 15.4 Å². The number of esters is 1. The van der Waals surface area contributed by atoms with Crippen molar-refractivity contribution in [3.63, 3.8) is 0 Å². The molecular formula is C46H45N9O8. The number of ether oxygens (including phenoxy) is 2. The zero-order valence-corrected chi connectivity index (χ0v) is 35.4. The lowest BCUT2D eigenvalue weighted by molar-refractivity contribution is -0.116. The van der Waals surface area contributed by atoms with E-state index in [0.29, 0.717) is 69.8 Å². The van der Waals surface area contributed by atoms with Crippen LogP contribution in [0.3, 0.4) is 0 Å². The predicted molar refractivity (Wildman–Crippen MR) is 234 cm³/mol. The maximum absolute atomic E-state index is 13.6. The lowest BCUT2D eigenvalue weighted by Crippen LogP contribution is -2.35. The van der Waals surface area contributed by atoms with Crippen LogP contribution in [-0.4, -0.2) is 96.1 Å². The first kappa shape index (κ1) is 41.9. The van der Waals surface area contributed by atoms with E-state index in [2.05, 4.69) is 27.2 Å². The van der Waals surface area contributed by atoms with E-state index in [0.717, 1.165) is 11.1 Å². The number of aliphatic imine (C=N–C) groups is 1. The predicted octanol–water partition coefficient (Wildman–Crippen LogP) is 5.80. The van der Waals surface area contributed by atoms with Crippen molar-refractivity contribution in [2.24, 2.45) is 26.1 Å². The van der Waals surface area contributed by atoms with Gasteiger partial charge in [0.05, 0.1) is 47.8 Å². The molecule has 17 nitrogen and oxygen atoms in total. The molecule has 0 saturated carbocycles. The van der Waals surface area contributed by atoms with Gasteiger partial charge >= 0.3 is 5.97 Å². The number of carbonyl (C=O) groups excluding carboxylic acids is 6. The Morgan fingerprint density at radius 2 is 1.71 bits per heavy atom. The average molecular weight is 852 g/mol. The van der Waals surface area contributed by atoms with Crippen molar-refractivity contribution in [2.75, 3.05) is 30.9 Å². The summed E-state index contributed by atoms with van der Waals surface area (Å²) in [6.45, 7) is 6.66. The summed E-state index contributed by atoms with van der Waals surface area (Å²) in [7, 11) is 6.35. The second-order valence-corrected chi connectivity index (χ2v) is 15.8. The summed E-state index contributed by atoms with van der Waals surface area (Å²) in [5, 5.41) is 6.28. The molecule has 0 unspecified atom stereocenters. The summed E-state index contributed by atoms with van der Waals surface area (Å²) in [5.74, 6) is -0.997. The Kier molecular flexibility index (Phi) is 11.2. The summed E-state index contributed by atoms with van der Waals surface area (Å²) in [6, 6.07) is 13.3. The van der Waals surface area contributed by atoms with Crippen molar-refractivity contribution in [2.45, 2.75) is 38.6 Å². The number of aryl methyl sites for hydroxylation is 4. The van der Waals surface area contributed by atoms with Crippen LogP contribution in [0.2, 0.25) is 0 Å². The van der Waals surface area contributed by atoms with E-state index >= 15 is 0 Å². The van der Waals surface area contributed by atoms with E-state index in [-0.39, 0.29) is 66.3 Å². The number of nitrogens with one attached hydrogen (secondary N) is 2. The smallest absolute Gasteiger partial charge is 0.337 e. The molecule has 2 aliphatic rings. The van der Waals surface area contributed by atoms with E-state index in [1.807, 2.05) is 6.92 Å². The van der Waals surface area contributed by atoms with E-state index in [1.54, 1.807) is 115 Å². The Morgan fingerprint density at radius 3 is 2.51 bits per heavy atom. The Hall–Kier alpha value is -7.82. The third kappa shape index (κ3) is 8.44. The van der Waals surface area contributed by atoms with E-state index < -0.39 is 11.9 Å². The van der Waals surface area contributed by atoms with Crippen LogP contribution in [0.4, 0.5) is 17.2 Å². The number of methoxy groups -OCH3 is 1. The largest absolute Gasteiger partial charge is 0.493 e. The SMILES string of the molecule is C=C1C[C@H]2C=Nc3cc(OCCCC(=O)Nc4cn(C)c(C(=O)Cc5cc(C(=O)Nc6cc(C(=O)n7ccc8cc(C(=O)OC)ccc87)n(C)c6)n(C)c5)n4)c(C)cc3C(=O)N2C1. The summed E-state index contributed by atoms with van der Waals surface area (Å²) in [5.41, 5.74) is 5.42. The molecule has 17 heteroatoms. The molecule has 63 heavy (non-hydrogen) atoms. The molecule has 1 atom stereocenters. The second kappa shape index (κ2) is 16.9. The third-order valence-electron chi connectivity index (χ3n) is 11.1. The number of benzene rings is 2. The summed E-state index contributed by atoms with van der Waals surface area (Å²) < 4.78 is 17.0. The van der Waals surface area contributed by atoms with E-state index in [9.17, 15) is 28.8 Å². The van der Waals surface area contributed by atoms with Crippen LogP contribution >= 0.6 is 0 Å². The minimum absolute atomic E-state index is 0.0528. The van der Waals surface area contributed by atoms with Crippen LogP contribution in [0.1, 0.15) is 82.7 Å². The average Bonchev–Trinajstić information content (AvgIpc) is 4.08. The highest BCUT2D eigenvalue weighted by Gasteiger charge is 2.34. The number of nitrogens with zero attached hydrogens (tertiary/aromatic N) is 7. The summed E-state index contributed by atoms with van der Waals surface area (Å²) >= 11 is 0. The van der Waals surface area contributed by atoms with Crippen molar-refractivity contribution in [1.82, 2.24) is 28.2 Å². The van der Waals surface area contributed by atoms with E-state index in [4.69, 9.17) is 9.47 Å². The first-order valence-electron chi connectivity index (χ1n) is 20.2. The molecule has 2 aliphatic heterocycles. The molecule has 2 aromatic carbocycles. The first-order chi connectivity index (χ1) is 30.2. The van der Waals surface area contributed by atoms with Gasteiger partial charge in [-0.05, 0) is 73.4 Å². The maximum Gasteiger partial charge on any atom is 0.337 e. The van der Waals surface area contributed by atoms with Crippen molar-refractivity contribution in [3.05, 3.63) is 125 Å². The fraction of sp³-hybridized carbons (Fsp3) is 0.261. The van der Waals surface area contributed by atoms with Gasteiger partial charge in [-0.15, -0.1) is 0 Å². The number of amides is 3. The van der Waals surface area contributed by atoms with Gasteiger partial charge in [-0.3, -0.25) is 33.5 Å². The number of fused-ring (bicyclic) bond motifs is 3. The number of ketones is 1. The van der Waals surface area contributed by atoms with Crippen LogP contribution in [0.15, 0.2) is 90.5 Å². The number of anilines is 2. The second-order valence-electron chi connectivity index (χ2n) is 15.8. The lowest BCUT2D eigenvalue weighted by atomic mass is 10.1. The Labute approximate surface area is 361 Å². The highest BCUT2D eigenvalue weighted by Crippen LogP contribution is 2.35. The van der Waals surface area contributed by atoms with Crippen LogP contribution in [0.5, 0.6) is 5.75 Å². The molecule has 6 heterocycles. The molecule has 8 rings (SSSR count). The molecule has 1 saturated heterocycles. The molecule has 322 valence electrons. The molecule has 1 fully saturated rings. The molecule has 0 aliphatic carbocycles. The fourth-order valence-electron chi connectivity index (χ4n) is 7.97. The molecular weight excluding hydrogens is 807 g/mol.